The van der Waals surface area contributed by atoms with E-state index in [-0.39, 0.29) is 17.5 Å². The van der Waals surface area contributed by atoms with Crippen LogP contribution in [0.15, 0.2) is 59.1 Å². The molecule has 3 aromatic rings. The number of hydrogen-bond acceptors (Lipinski definition) is 8. The molecule has 0 bridgehead atoms. The molecule has 9 nitrogen and oxygen atoms in total. The monoisotopic (exact) mass is 394 g/mol. The summed E-state index contributed by atoms with van der Waals surface area (Å²) in [6, 6.07) is 13.4. The number of nitro benzene ring substituents is 1. The first kappa shape index (κ1) is 19.7. The summed E-state index contributed by atoms with van der Waals surface area (Å²) < 4.78 is 10.0. The fourth-order valence-electron chi connectivity index (χ4n) is 2.45. The molecule has 148 valence electrons. The van der Waals surface area contributed by atoms with Crippen LogP contribution in [0.2, 0.25) is 0 Å². The van der Waals surface area contributed by atoms with E-state index in [1.807, 2.05) is 24.3 Å². The van der Waals surface area contributed by atoms with Crippen molar-refractivity contribution >= 4 is 23.4 Å². The van der Waals surface area contributed by atoms with Crippen LogP contribution in [0, 0.1) is 10.1 Å². The van der Waals surface area contributed by atoms with Crippen LogP contribution < -0.4 is 5.32 Å². The van der Waals surface area contributed by atoms with Gasteiger partial charge in [-0.25, -0.2) is 4.79 Å². The molecule has 2 aromatic carbocycles. The number of rotatable bonds is 8. The van der Waals surface area contributed by atoms with E-state index in [1.165, 1.54) is 18.2 Å². The molecular weight excluding hydrogens is 376 g/mol. The molecule has 1 heterocycles. The van der Waals surface area contributed by atoms with E-state index in [0.717, 1.165) is 11.3 Å². The predicted octanol–water partition coefficient (Wildman–Crippen LogP) is 3.83. The molecule has 0 amide bonds. The van der Waals surface area contributed by atoms with Gasteiger partial charge in [0.2, 0.25) is 11.7 Å². The number of benzene rings is 2. The van der Waals surface area contributed by atoms with Gasteiger partial charge in [-0.05, 0) is 30.7 Å². The van der Waals surface area contributed by atoms with Gasteiger partial charge in [0.05, 0.1) is 18.1 Å². The lowest BCUT2D eigenvalue weighted by Crippen LogP contribution is -2.00. The van der Waals surface area contributed by atoms with Crippen LogP contribution in [0.4, 0.5) is 11.4 Å². The fourth-order valence-corrected chi connectivity index (χ4v) is 2.45. The van der Waals surface area contributed by atoms with Crippen molar-refractivity contribution in [3.63, 3.8) is 0 Å². The summed E-state index contributed by atoms with van der Waals surface area (Å²) in [6.07, 6.45) is 3.05. The molecule has 0 radical (unpaired) electrons. The van der Waals surface area contributed by atoms with Crippen molar-refractivity contribution in [1.29, 1.82) is 0 Å². The molecule has 0 aliphatic carbocycles. The zero-order valence-corrected chi connectivity index (χ0v) is 15.6. The maximum atomic E-state index is 11.3. The summed E-state index contributed by atoms with van der Waals surface area (Å²) >= 11 is 0. The minimum Gasteiger partial charge on any atom is -0.463 e. The van der Waals surface area contributed by atoms with Gasteiger partial charge in [-0.3, -0.25) is 10.1 Å². The van der Waals surface area contributed by atoms with E-state index < -0.39 is 4.92 Å². The van der Waals surface area contributed by atoms with Crippen molar-refractivity contribution in [3.05, 3.63) is 76.2 Å². The van der Waals surface area contributed by atoms with Gasteiger partial charge >= 0.3 is 5.97 Å². The molecular formula is C20H18N4O5. The minimum absolute atomic E-state index is 0.0379. The Bertz CT molecular complexity index is 1030. The second-order valence-electron chi connectivity index (χ2n) is 5.88. The van der Waals surface area contributed by atoms with Crippen molar-refractivity contribution in [1.82, 2.24) is 10.1 Å². The van der Waals surface area contributed by atoms with Gasteiger partial charge in [-0.2, -0.15) is 4.98 Å². The quantitative estimate of drug-likeness (QED) is 0.265. The highest BCUT2D eigenvalue weighted by atomic mass is 16.6. The summed E-state index contributed by atoms with van der Waals surface area (Å²) in [5, 5.41) is 17.9. The normalized spacial score (nSPS) is 10.8. The Hall–Kier alpha value is -4.01. The first-order chi connectivity index (χ1) is 14.0. The molecule has 9 heteroatoms. The smallest absolute Gasteiger partial charge is 0.330 e. The summed E-state index contributed by atoms with van der Waals surface area (Å²) in [7, 11) is 0. The number of non-ortho nitro benzene ring substituents is 1. The Kier molecular flexibility index (Phi) is 6.31. The molecule has 0 atom stereocenters. The van der Waals surface area contributed by atoms with E-state index in [4.69, 9.17) is 9.26 Å². The fraction of sp³-hybridized carbons (Fsp3) is 0.150. The molecule has 0 saturated carbocycles. The number of anilines is 1. The number of carbonyl (C=O) groups is 1. The van der Waals surface area contributed by atoms with Gasteiger partial charge in [-0.15, -0.1) is 0 Å². The predicted molar refractivity (Wildman–Crippen MR) is 106 cm³/mol. The van der Waals surface area contributed by atoms with Crippen LogP contribution in [0.3, 0.4) is 0 Å². The lowest BCUT2D eigenvalue weighted by molar-refractivity contribution is -0.384. The lowest BCUT2D eigenvalue weighted by atomic mass is 10.2. The number of nitro groups is 1. The van der Waals surface area contributed by atoms with Gasteiger partial charge in [0.1, 0.15) is 0 Å². The lowest BCUT2D eigenvalue weighted by Gasteiger charge is -2.03. The van der Waals surface area contributed by atoms with Gasteiger partial charge in [0.15, 0.2) is 0 Å². The number of aromatic nitrogens is 2. The Labute approximate surface area is 166 Å². The molecule has 1 N–H and O–H groups in total. The molecule has 0 spiro atoms. The zero-order valence-electron chi connectivity index (χ0n) is 15.6. The second kappa shape index (κ2) is 9.27. The van der Waals surface area contributed by atoms with E-state index in [1.54, 1.807) is 25.1 Å². The number of ether oxygens (including phenoxy) is 1. The topological polar surface area (TPSA) is 120 Å². The van der Waals surface area contributed by atoms with Crippen LogP contribution in [0.1, 0.15) is 18.4 Å². The van der Waals surface area contributed by atoms with Crippen molar-refractivity contribution in [3.8, 4) is 11.4 Å². The Morgan fingerprint density at radius 2 is 2.07 bits per heavy atom. The molecule has 0 aliphatic rings. The van der Waals surface area contributed by atoms with Gasteiger partial charge in [0, 0.05) is 29.5 Å². The summed E-state index contributed by atoms with van der Waals surface area (Å²) in [5.41, 5.74) is 2.15. The highest BCUT2D eigenvalue weighted by Gasteiger charge is 2.12. The van der Waals surface area contributed by atoms with Crippen LogP contribution >= 0.6 is 0 Å². The first-order valence-corrected chi connectivity index (χ1v) is 8.81. The number of carbonyl (C=O) groups excluding carboxylic acids is 1. The average Bonchev–Trinajstić information content (AvgIpc) is 3.21. The van der Waals surface area contributed by atoms with Crippen LogP contribution in [-0.4, -0.2) is 27.6 Å². The largest absolute Gasteiger partial charge is 0.463 e. The summed E-state index contributed by atoms with van der Waals surface area (Å²) in [4.78, 5) is 26.0. The van der Waals surface area contributed by atoms with E-state index in [2.05, 4.69) is 15.5 Å². The Balaban J connectivity index is 1.59. The second-order valence-corrected chi connectivity index (χ2v) is 5.88. The Morgan fingerprint density at radius 3 is 2.79 bits per heavy atom. The molecule has 0 fully saturated rings. The van der Waals surface area contributed by atoms with Crippen molar-refractivity contribution < 1.29 is 19.0 Å². The molecule has 29 heavy (non-hydrogen) atoms. The Morgan fingerprint density at radius 1 is 1.28 bits per heavy atom. The van der Waals surface area contributed by atoms with Crippen molar-refractivity contribution in [2.45, 2.75) is 13.5 Å². The van der Waals surface area contributed by atoms with Crippen LogP contribution in [0.25, 0.3) is 17.5 Å². The van der Waals surface area contributed by atoms with Gasteiger partial charge < -0.3 is 14.6 Å². The third kappa shape index (κ3) is 5.48. The summed E-state index contributed by atoms with van der Waals surface area (Å²) in [5.74, 6) is 0.244. The van der Waals surface area contributed by atoms with Crippen LogP contribution in [0.5, 0.6) is 0 Å². The first-order valence-electron chi connectivity index (χ1n) is 8.81. The van der Waals surface area contributed by atoms with Gasteiger partial charge in [-0.1, -0.05) is 29.4 Å². The number of hydrogen-bond donors (Lipinski definition) is 1. The summed E-state index contributed by atoms with van der Waals surface area (Å²) in [6.45, 7) is 2.38. The minimum atomic E-state index is -0.475. The average molecular weight is 394 g/mol. The molecule has 0 unspecified atom stereocenters. The standard InChI is InChI=1S/C20H18N4O5/c1-2-28-19(25)11-8-14-6-9-16(10-7-14)21-13-18-22-20(23-29-18)15-4-3-5-17(12-15)24(26)27/h3-12,21H,2,13H2,1H3. The highest BCUT2D eigenvalue weighted by molar-refractivity contribution is 5.87. The molecule has 3 rings (SSSR count). The molecule has 1 aromatic heterocycles. The number of nitrogens with one attached hydrogen (secondary N) is 1. The van der Waals surface area contributed by atoms with Gasteiger partial charge in [0.25, 0.3) is 5.69 Å². The number of esters is 1. The maximum absolute atomic E-state index is 11.3. The molecule has 0 aliphatic heterocycles. The maximum Gasteiger partial charge on any atom is 0.330 e. The third-order valence-electron chi connectivity index (χ3n) is 3.84. The van der Waals surface area contributed by atoms with Crippen LogP contribution in [-0.2, 0) is 16.1 Å². The SMILES string of the molecule is CCOC(=O)C=Cc1ccc(NCc2nc(-c3cccc([N+](=O)[O-])c3)no2)cc1. The van der Waals surface area contributed by atoms with E-state index in [9.17, 15) is 14.9 Å². The van der Waals surface area contributed by atoms with E-state index in [0.29, 0.717) is 24.6 Å². The van der Waals surface area contributed by atoms with Crippen molar-refractivity contribution in [2.75, 3.05) is 11.9 Å². The zero-order chi connectivity index (χ0) is 20.6. The molecule has 0 saturated heterocycles. The number of nitrogens with zero attached hydrogens (tertiary/aromatic N) is 3. The van der Waals surface area contributed by atoms with Crippen molar-refractivity contribution in [2.24, 2.45) is 0 Å². The highest BCUT2D eigenvalue weighted by Crippen LogP contribution is 2.21. The van der Waals surface area contributed by atoms with E-state index >= 15 is 0 Å². The third-order valence-corrected chi connectivity index (χ3v) is 3.84.